The van der Waals surface area contributed by atoms with Crippen LogP contribution in [0, 0.1) is 11.8 Å². The lowest BCUT2D eigenvalue weighted by Crippen LogP contribution is -2.39. The van der Waals surface area contributed by atoms with Crippen molar-refractivity contribution in [3.63, 3.8) is 0 Å². The number of ether oxygens (including phenoxy) is 2. The highest BCUT2D eigenvalue weighted by molar-refractivity contribution is 5.90. The Morgan fingerprint density at radius 1 is 0.500 bits per heavy atom. The zero-order valence-electron chi connectivity index (χ0n) is 37.4. The van der Waals surface area contributed by atoms with Gasteiger partial charge in [-0.25, -0.2) is 9.59 Å². The number of aryl methyl sites for hydroxylation is 2. The van der Waals surface area contributed by atoms with Crippen molar-refractivity contribution in [3.05, 3.63) is 226 Å². The molecule has 0 bridgehead atoms. The largest absolute Gasteiger partial charge is 0.465 e. The maximum absolute atomic E-state index is 12.2. The van der Waals surface area contributed by atoms with Crippen molar-refractivity contribution in [3.8, 4) is 0 Å². The van der Waals surface area contributed by atoms with Crippen LogP contribution in [0.15, 0.2) is 170 Å². The summed E-state index contributed by atoms with van der Waals surface area (Å²) in [6.07, 6.45) is 18.1. The molecule has 0 fully saturated rings. The summed E-state index contributed by atoms with van der Waals surface area (Å²) >= 11 is 0. The van der Waals surface area contributed by atoms with Crippen LogP contribution in [0.25, 0.3) is 11.1 Å². The van der Waals surface area contributed by atoms with Gasteiger partial charge < -0.3 is 9.47 Å². The molecule has 0 spiro atoms. The summed E-state index contributed by atoms with van der Waals surface area (Å²) in [4.78, 5) is 24.4. The average Bonchev–Trinajstić information content (AvgIpc) is 3.61. The Bertz CT molecular complexity index is 2440. The number of hydrogen-bond donors (Lipinski definition) is 0. The van der Waals surface area contributed by atoms with E-state index in [-0.39, 0.29) is 22.8 Å². The first-order chi connectivity index (χ1) is 31.4. The number of benzene rings is 6. The Balaban J connectivity index is 0.000000162. The van der Waals surface area contributed by atoms with Crippen molar-refractivity contribution < 1.29 is 19.1 Å². The van der Waals surface area contributed by atoms with Gasteiger partial charge in [0.25, 0.3) is 0 Å². The van der Waals surface area contributed by atoms with Crippen molar-refractivity contribution in [1.82, 2.24) is 0 Å². The first-order valence-corrected chi connectivity index (χ1v) is 23.4. The number of allylic oxidation sites excluding steroid dienone is 4. The molecule has 324 valence electrons. The fraction of sp³-hybridized carbons (Fsp3) is 0.300. The standard InChI is InChI=1S/2C30H30O2/c2*1-32-29(31)26-15-16-28-25(19-26)13-8-14-27-20-24(23-11-6-3-7-12-23)17-18-30(27,28)21-22-9-4-2-5-10-22/h2*2-7,9-12,15-17,19,27H,8,13-14,18,20-21H2,1H3/t2*27-,30-/m10/s1. The Kier molecular flexibility index (Phi) is 12.9. The van der Waals surface area contributed by atoms with E-state index in [1.54, 1.807) is 0 Å². The van der Waals surface area contributed by atoms with E-state index in [4.69, 9.17) is 9.47 Å². The van der Waals surface area contributed by atoms with Crippen LogP contribution in [0.2, 0.25) is 0 Å². The van der Waals surface area contributed by atoms with Gasteiger partial charge in [-0.05, 0) is 169 Å². The fourth-order valence-corrected chi connectivity index (χ4v) is 11.9. The third-order valence-corrected chi connectivity index (χ3v) is 15.1. The number of carbonyl (C=O) groups is 2. The third-order valence-electron chi connectivity index (χ3n) is 15.1. The zero-order valence-corrected chi connectivity index (χ0v) is 37.4. The average molecular weight is 845 g/mol. The SMILES string of the molecule is COC(=O)c1ccc2c(c1)CCC[C@@H]1CC(c3ccccc3)=CC[C@]21Cc1ccccc1.COC(=O)c1ccc2c(c1)CCC[C@H]1CC(c3ccccc3)=CC[C@@]21Cc1ccccc1. The van der Waals surface area contributed by atoms with Gasteiger partial charge in [0.2, 0.25) is 0 Å². The van der Waals surface area contributed by atoms with Crippen LogP contribution in [-0.2, 0) is 46.0 Å². The van der Waals surface area contributed by atoms with Gasteiger partial charge in [-0.15, -0.1) is 0 Å². The number of hydrogen-bond acceptors (Lipinski definition) is 4. The molecule has 0 radical (unpaired) electrons. The molecule has 6 aromatic rings. The lowest BCUT2D eigenvalue weighted by molar-refractivity contribution is 0.0591. The van der Waals surface area contributed by atoms with Gasteiger partial charge in [-0.2, -0.15) is 0 Å². The highest BCUT2D eigenvalue weighted by Gasteiger charge is 2.46. The monoisotopic (exact) mass is 844 g/mol. The summed E-state index contributed by atoms with van der Waals surface area (Å²) in [5.41, 5.74) is 15.4. The number of esters is 2. The topological polar surface area (TPSA) is 52.6 Å². The molecule has 10 rings (SSSR count). The van der Waals surface area contributed by atoms with E-state index in [0.717, 1.165) is 64.2 Å². The normalized spacial score (nSPS) is 22.2. The molecule has 0 unspecified atom stereocenters. The fourth-order valence-electron chi connectivity index (χ4n) is 11.9. The van der Waals surface area contributed by atoms with Crippen LogP contribution in [0.5, 0.6) is 0 Å². The van der Waals surface area contributed by atoms with Crippen molar-refractivity contribution >= 4 is 23.1 Å². The van der Waals surface area contributed by atoms with E-state index < -0.39 is 0 Å². The molecule has 4 atom stereocenters. The van der Waals surface area contributed by atoms with Crippen LogP contribution in [0.3, 0.4) is 0 Å². The highest BCUT2D eigenvalue weighted by Crippen LogP contribution is 2.54. The number of fused-ring (bicyclic) bond motifs is 6. The maximum atomic E-state index is 12.2. The summed E-state index contributed by atoms with van der Waals surface area (Å²) in [6.45, 7) is 0. The van der Waals surface area contributed by atoms with Gasteiger partial charge >= 0.3 is 11.9 Å². The molecule has 6 aromatic carbocycles. The molecule has 0 N–H and O–H groups in total. The summed E-state index contributed by atoms with van der Waals surface area (Å²) < 4.78 is 10.0. The molecule has 4 heteroatoms. The Morgan fingerprint density at radius 3 is 1.25 bits per heavy atom. The van der Waals surface area contributed by atoms with Gasteiger partial charge in [-0.3, -0.25) is 0 Å². The zero-order chi connectivity index (χ0) is 43.9. The van der Waals surface area contributed by atoms with E-state index >= 15 is 0 Å². The quantitative estimate of drug-likeness (QED) is 0.143. The Hall–Kier alpha value is -6.26. The Labute approximate surface area is 380 Å². The van der Waals surface area contributed by atoms with Gasteiger partial charge in [0.15, 0.2) is 0 Å². The van der Waals surface area contributed by atoms with Gasteiger partial charge in [0, 0.05) is 10.8 Å². The molecule has 4 aliphatic carbocycles. The molecule has 4 aliphatic rings. The number of rotatable bonds is 8. The van der Waals surface area contributed by atoms with E-state index in [2.05, 4.69) is 158 Å². The molecule has 0 heterocycles. The minimum absolute atomic E-state index is 0.0557. The molecular weight excluding hydrogens is 785 g/mol. The van der Waals surface area contributed by atoms with E-state index in [1.165, 1.54) is 82.7 Å². The first-order valence-electron chi connectivity index (χ1n) is 23.4. The van der Waals surface area contributed by atoms with Gasteiger partial charge in [-0.1, -0.05) is 146 Å². The number of methoxy groups -OCH3 is 2. The lowest BCUT2D eigenvalue weighted by Gasteiger charge is -2.44. The molecule has 0 saturated carbocycles. The summed E-state index contributed by atoms with van der Waals surface area (Å²) in [5, 5.41) is 0. The van der Waals surface area contributed by atoms with Crippen molar-refractivity contribution in [2.24, 2.45) is 11.8 Å². The molecule has 0 amide bonds. The lowest BCUT2D eigenvalue weighted by atomic mass is 9.59. The first kappa shape index (κ1) is 43.0. The van der Waals surface area contributed by atoms with Crippen LogP contribution in [-0.4, -0.2) is 26.2 Å². The van der Waals surface area contributed by atoms with E-state index in [1.807, 2.05) is 12.1 Å². The highest BCUT2D eigenvalue weighted by atomic mass is 16.5. The minimum atomic E-state index is -0.249. The Morgan fingerprint density at radius 2 is 0.875 bits per heavy atom. The van der Waals surface area contributed by atoms with Crippen molar-refractivity contribution in [2.45, 2.75) is 87.9 Å². The van der Waals surface area contributed by atoms with Gasteiger partial charge in [0.1, 0.15) is 0 Å². The molecule has 0 aromatic heterocycles. The van der Waals surface area contributed by atoms with Crippen LogP contribution in [0.4, 0.5) is 0 Å². The second-order valence-corrected chi connectivity index (χ2v) is 18.5. The van der Waals surface area contributed by atoms with E-state index in [0.29, 0.717) is 23.0 Å². The third kappa shape index (κ3) is 8.80. The van der Waals surface area contributed by atoms with Crippen LogP contribution in [0.1, 0.15) is 117 Å². The van der Waals surface area contributed by atoms with Crippen molar-refractivity contribution in [2.75, 3.05) is 14.2 Å². The predicted molar refractivity (Wildman–Crippen MR) is 259 cm³/mol. The maximum Gasteiger partial charge on any atom is 0.337 e. The molecule has 64 heavy (non-hydrogen) atoms. The van der Waals surface area contributed by atoms with Crippen LogP contribution < -0.4 is 0 Å². The second kappa shape index (κ2) is 19.2. The molecule has 4 nitrogen and oxygen atoms in total. The summed E-state index contributed by atoms with van der Waals surface area (Å²) in [7, 11) is 2.91. The molecule has 0 saturated heterocycles. The van der Waals surface area contributed by atoms with E-state index in [9.17, 15) is 9.59 Å². The van der Waals surface area contributed by atoms with Gasteiger partial charge in [0.05, 0.1) is 25.3 Å². The second-order valence-electron chi connectivity index (χ2n) is 18.5. The molecule has 0 aliphatic heterocycles. The summed E-state index contributed by atoms with van der Waals surface area (Å²) in [6, 6.07) is 56.1. The minimum Gasteiger partial charge on any atom is -0.465 e. The molecular formula is C60H60O4. The van der Waals surface area contributed by atoms with Crippen molar-refractivity contribution in [1.29, 1.82) is 0 Å². The summed E-state index contributed by atoms with van der Waals surface area (Å²) in [5.74, 6) is 0.655. The predicted octanol–water partition coefficient (Wildman–Crippen LogP) is 13.6. The number of carbonyl (C=O) groups excluding carboxylic acids is 2. The van der Waals surface area contributed by atoms with Crippen LogP contribution >= 0.6 is 0 Å². The smallest absolute Gasteiger partial charge is 0.337 e.